The Bertz CT molecular complexity index is 1550. The summed E-state index contributed by atoms with van der Waals surface area (Å²) in [5, 5.41) is 10.1. The van der Waals surface area contributed by atoms with E-state index in [9.17, 15) is 18.4 Å². The van der Waals surface area contributed by atoms with E-state index in [0.29, 0.717) is 28.1 Å². The lowest BCUT2D eigenvalue weighted by Crippen LogP contribution is -2.42. The summed E-state index contributed by atoms with van der Waals surface area (Å²) in [6.45, 7) is 4.08. The Labute approximate surface area is 204 Å². The predicted molar refractivity (Wildman–Crippen MR) is 133 cm³/mol. The van der Waals surface area contributed by atoms with Gasteiger partial charge in [-0.3, -0.25) is 9.36 Å². The van der Waals surface area contributed by atoms with Crippen LogP contribution in [0.15, 0.2) is 50.4 Å². The lowest BCUT2D eigenvalue weighted by Gasteiger charge is -2.33. The standard InChI is InChI=1S/C25H26F2N6O3/c1-14-12-17(15(2)28-19-7-5-4-6-16(19)21-30-31-24(35)36-21)20-18(13-14)22(34)32(3)23(29-20)33-10-8-25(26,27)9-11-33/h4-7,12-13,15,28H,8-11H2,1-3H3,(H,31,35)/t15-/m1/s1. The van der Waals surface area contributed by atoms with Gasteiger partial charge in [0.1, 0.15) is 0 Å². The highest BCUT2D eigenvalue weighted by Gasteiger charge is 2.35. The van der Waals surface area contributed by atoms with Crippen molar-refractivity contribution in [3.63, 3.8) is 0 Å². The third-order valence-electron chi connectivity index (χ3n) is 6.54. The maximum atomic E-state index is 13.8. The molecule has 0 spiro atoms. The van der Waals surface area contributed by atoms with Crippen molar-refractivity contribution in [1.29, 1.82) is 0 Å². The first-order chi connectivity index (χ1) is 17.1. The Balaban J connectivity index is 1.57. The molecule has 2 aromatic carbocycles. The number of aromatic amines is 1. The van der Waals surface area contributed by atoms with E-state index in [1.54, 1.807) is 24.1 Å². The largest absolute Gasteiger partial charge is 0.434 e. The van der Waals surface area contributed by atoms with Crippen LogP contribution in [0.5, 0.6) is 0 Å². The summed E-state index contributed by atoms with van der Waals surface area (Å²) >= 11 is 0. The van der Waals surface area contributed by atoms with Gasteiger partial charge in [0.25, 0.3) is 17.4 Å². The minimum absolute atomic E-state index is 0.121. The van der Waals surface area contributed by atoms with Gasteiger partial charge in [-0.1, -0.05) is 18.2 Å². The number of H-pyrrole nitrogens is 1. The predicted octanol–water partition coefficient (Wildman–Crippen LogP) is 3.99. The van der Waals surface area contributed by atoms with Crippen molar-refractivity contribution in [2.24, 2.45) is 7.05 Å². The molecule has 5 rings (SSSR count). The number of benzene rings is 2. The average molecular weight is 497 g/mol. The molecule has 188 valence electrons. The second-order valence-electron chi connectivity index (χ2n) is 9.20. The summed E-state index contributed by atoms with van der Waals surface area (Å²) in [5.41, 5.74) is 3.23. The number of aryl methyl sites for hydroxylation is 1. The van der Waals surface area contributed by atoms with Gasteiger partial charge in [0, 0.05) is 44.2 Å². The summed E-state index contributed by atoms with van der Waals surface area (Å²) in [6, 6.07) is 10.7. The van der Waals surface area contributed by atoms with Crippen LogP contribution in [-0.2, 0) is 7.05 Å². The molecule has 2 N–H and O–H groups in total. The Morgan fingerprint density at radius 3 is 2.58 bits per heavy atom. The van der Waals surface area contributed by atoms with E-state index < -0.39 is 11.7 Å². The minimum Gasteiger partial charge on any atom is -0.388 e. The molecule has 9 nitrogen and oxygen atoms in total. The maximum Gasteiger partial charge on any atom is 0.434 e. The summed E-state index contributed by atoms with van der Waals surface area (Å²) in [4.78, 5) is 31.4. The second-order valence-corrected chi connectivity index (χ2v) is 9.20. The first-order valence-corrected chi connectivity index (χ1v) is 11.7. The van der Waals surface area contributed by atoms with E-state index in [1.807, 2.05) is 38.1 Å². The number of halogens is 2. The number of nitrogens with zero attached hydrogens (tertiary/aromatic N) is 4. The fraction of sp³-hybridized carbons (Fsp3) is 0.360. The molecule has 36 heavy (non-hydrogen) atoms. The fourth-order valence-electron chi connectivity index (χ4n) is 4.64. The molecule has 1 aliphatic heterocycles. The number of piperidine rings is 1. The molecule has 0 saturated carbocycles. The second kappa shape index (κ2) is 8.89. The van der Waals surface area contributed by atoms with Crippen LogP contribution in [0.2, 0.25) is 0 Å². The quantitative estimate of drug-likeness (QED) is 0.430. The van der Waals surface area contributed by atoms with Gasteiger partial charge in [-0.25, -0.2) is 23.7 Å². The zero-order valence-electron chi connectivity index (χ0n) is 20.1. The number of anilines is 2. The normalized spacial score (nSPS) is 16.3. The molecule has 0 unspecified atom stereocenters. The fourth-order valence-corrected chi connectivity index (χ4v) is 4.64. The van der Waals surface area contributed by atoms with Crippen LogP contribution in [0.3, 0.4) is 0 Å². The summed E-state index contributed by atoms with van der Waals surface area (Å²) in [7, 11) is 1.62. The number of aromatic nitrogens is 4. The Morgan fingerprint density at radius 1 is 1.17 bits per heavy atom. The highest BCUT2D eigenvalue weighted by molar-refractivity contribution is 5.84. The number of para-hydroxylation sites is 1. The average Bonchev–Trinajstić information content (AvgIpc) is 3.28. The van der Waals surface area contributed by atoms with Gasteiger partial charge < -0.3 is 14.6 Å². The van der Waals surface area contributed by atoms with Gasteiger partial charge >= 0.3 is 5.76 Å². The van der Waals surface area contributed by atoms with Crippen LogP contribution in [0, 0.1) is 6.92 Å². The maximum absolute atomic E-state index is 13.8. The third kappa shape index (κ3) is 4.36. The molecule has 0 amide bonds. The number of hydrogen-bond acceptors (Lipinski definition) is 7. The molecule has 0 bridgehead atoms. The number of rotatable bonds is 5. The van der Waals surface area contributed by atoms with E-state index in [1.165, 1.54) is 4.57 Å². The van der Waals surface area contributed by atoms with Crippen LogP contribution >= 0.6 is 0 Å². The molecular formula is C25H26F2N6O3. The van der Waals surface area contributed by atoms with Gasteiger partial charge in [-0.05, 0) is 37.6 Å². The molecule has 4 aromatic rings. The van der Waals surface area contributed by atoms with Crippen molar-refractivity contribution >= 4 is 22.5 Å². The van der Waals surface area contributed by atoms with Gasteiger partial charge in [-0.15, -0.1) is 5.10 Å². The van der Waals surface area contributed by atoms with E-state index >= 15 is 0 Å². The van der Waals surface area contributed by atoms with Crippen LogP contribution < -0.4 is 21.5 Å². The van der Waals surface area contributed by atoms with Gasteiger partial charge in [-0.2, -0.15) is 0 Å². The van der Waals surface area contributed by atoms with Gasteiger partial charge in [0.15, 0.2) is 0 Å². The topological polar surface area (TPSA) is 109 Å². The zero-order chi connectivity index (χ0) is 25.6. The van der Waals surface area contributed by atoms with Crippen LogP contribution in [-0.4, -0.2) is 38.8 Å². The van der Waals surface area contributed by atoms with E-state index in [2.05, 4.69) is 15.5 Å². The molecule has 1 atom stereocenters. The first-order valence-electron chi connectivity index (χ1n) is 11.7. The molecule has 0 radical (unpaired) electrons. The lowest BCUT2D eigenvalue weighted by atomic mass is 10.0. The highest BCUT2D eigenvalue weighted by atomic mass is 19.3. The number of fused-ring (bicyclic) bond motifs is 1. The molecule has 2 aromatic heterocycles. The highest BCUT2D eigenvalue weighted by Crippen LogP contribution is 2.33. The van der Waals surface area contributed by atoms with Crippen molar-refractivity contribution in [2.45, 2.75) is 38.7 Å². The summed E-state index contributed by atoms with van der Waals surface area (Å²) < 4.78 is 34.1. The lowest BCUT2D eigenvalue weighted by molar-refractivity contribution is -0.0223. The minimum atomic E-state index is -2.70. The van der Waals surface area contributed by atoms with Gasteiger partial charge in [0.05, 0.1) is 22.5 Å². The van der Waals surface area contributed by atoms with Crippen LogP contribution in [0.4, 0.5) is 20.4 Å². The Kier molecular flexibility index (Phi) is 5.85. The molecule has 3 heterocycles. The summed E-state index contributed by atoms with van der Waals surface area (Å²) in [6.07, 6.45) is -0.556. The van der Waals surface area contributed by atoms with Gasteiger partial charge in [0.2, 0.25) is 5.95 Å². The van der Waals surface area contributed by atoms with E-state index in [0.717, 1.165) is 11.1 Å². The van der Waals surface area contributed by atoms with Crippen LogP contribution in [0.1, 0.15) is 36.9 Å². The van der Waals surface area contributed by atoms with Crippen molar-refractivity contribution in [3.8, 4) is 11.5 Å². The zero-order valence-corrected chi connectivity index (χ0v) is 20.1. The molecular weight excluding hydrogens is 470 g/mol. The molecule has 0 aliphatic carbocycles. The Hall–Kier alpha value is -4.02. The monoisotopic (exact) mass is 496 g/mol. The smallest absolute Gasteiger partial charge is 0.388 e. The van der Waals surface area contributed by atoms with Crippen molar-refractivity contribution in [2.75, 3.05) is 23.3 Å². The van der Waals surface area contributed by atoms with Crippen molar-refractivity contribution in [3.05, 3.63) is 68.4 Å². The summed E-state index contributed by atoms with van der Waals surface area (Å²) in [5.74, 6) is -2.83. The Morgan fingerprint density at radius 2 is 1.89 bits per heavy atom. The van der Waals surface area contributed by atoms with Crippen molar-refractivity contribution < 1.29 is 13.2 Å². The SMILES string of the molecule is Cc1cc([C@@H](C)Nc2ccccc2-c2n[nH]c(=O)o2)c2nc(N3CCC(F)(F)CC3)n(C)c(=O)c2c1. The number of hydrogen-bond donors (Lipinski definition) is 2. The van der Waals surface area contributed by atoms with Crippen molar-refractivity contribution in [1.82, 2.24) is 19.7 Å². The molecule has 1 saturated heterocycles. The first kappa shape index (κ1) is 23.7. The van der Waals surface area contributed by atoms with Crippen LogP contribution in [0.25, 0.3) is 22.4 Å². The third-order valence-corrected chi connectivity index (χ3v) is 6.54. The number of nitrogens with one attached hydrogen (secondary N) is 2. The molecule has 11 heteroatoms. The van der Waals surface area contributed by atoms with E-state index in [4.69, 9.17) is 9.40 Å². The number of alkyl halides is 2. The molecule has 1 fully saturated rings. The van der Waals surface area contributed by atoms with E-state index in [-0.39, 0.29) is 43.4 Å². The molecule has 1 aliphatic rings.